The number of rotatable bonds is 4. The number of thiazole rings is 1. The molecule has 4 rings (SSSR count). The van der Waals surface area contributed by atoms with Crippen LogP contribution in [0.15, 0.2) is 65.0 Å². The molecule has 0 atom stereocenters. The molecule has 28 heavy (non-hydrogen) atoms. The summed E-state index contributed by atoms with van der Waals surface area (Å²) in [5.74, 6) is -0.359. The van der Waals surface area contributed by atoms with Crippen molar-refractivity contribution in [1.29, 1.82) is 0 Å². The van der Waals surface area contributed by atoms with Gasteiger partial charge in [0, 0.05) is 5.38 Å². The molecule has 0 aliphatic heterocycles. The average Bonchev–Trinajstić information content (AvgIpc) is 3.05. The number of benzene rings is 2. The molecule has 0 fully saturated rings. The Morgan fingerprint density at radius 3 is 2.71 bits per heavy atom. The van der Waals surface area contributed by atoms with E-state index in [1.54, 1.807) is 22.8 Å². The molecule has 1 amide bonds. The van der Waals surface area contributed by atoms with E-state index in [-0.39, 0.29) is 18.0 Å². The number of fused-ring (bicyclic) bond motifs is 1. The summed E-state index contributed by atoms with van der Waals surface area (Å²) in [5.41, 5.74) is 5.86. The molecule has 0 spiro atoms. The van der Waals surface area contributed by atoms with E-state index < -0.39 is 0 Å². The Hall–Kier alpha value is -3.10. The van der Waals surface area contributed by atoms with Crippen molar-refractivity contribution in [3.8, 4) is 11.3 Å². The summed E-state index contributed by atoms with van der Waals surface area (Å²) in [6.07, 6.45) is 1.32. The third kappa shape index (κ3) is 3.51. The van der Waals surface area contributed by atoms with Gasteiger partial charge in [-0.3, -0.25) is 15.0 Å². The second-order valence-electron chi connectivity index (χ2n) is 6.31. The molecule has 4 aromatic rings. The van der Waals surface area contributed by atoms with Crippen LogP contribution in [0, 0.1) is 10.9 Å². The van der Waals surface area contributed by atoms with Crippen LogP contribution in [0.1, 0.15) is 5.56 Å². The minimum atomic E-state index is -0.359. The predicted molar refractivity (Wildman–Crippen MR) is 114 cm³/mol. The number of hydrogen-bond acceptors (Lipinski definition) is 5. The fourth-order valence-electron chi connectivity index (χ4n) is 2.89. The van der Waals surface area contributed by atoms with Crippen LogP contribution in [0.25, 0.3) is 22.2 Å². The van der Waals surface area contributed by atoms with Gasteiger partial charge >= 0.3 is 0 Å². The van der Waals surface area contributed by atoms with Crippen molar-refractivity contribution in [1.82, 2.24) is 14.2 Å². The van der Waals surface area contributed by atoms with Crippen molar-refractivity contribution in [2.75, 3.05) is 5.43 Å². The molecule has 6 nitrogen and oxygen atoms in total. The number of amides is 1. The molecular weight excluding hydrogens is 392 g/mol. The lowest BCUT2D eigenvalue weighted by Crippen LogP contribution is -2.35. The van der Waals surface area contributed by atoms with E-state index >= 15 is 0 Å². The maximum atomic E-state index is 12.6. The lowest BCUT2D eigenvalue weighted by atomic mass is 10.1. The molecule has 0 radical (unpaired) electrons. The first-order chi connectivity index (χ1) is 13.5. The number of carbonyl (C=O) groups excluding carboxylic acids is 1. The number of nitrogens with zero attached hydrogens (tertiary/aromatic N) is 3. The maximum Gasteiger partial charge on any atom is 0.280 e. The SMILES string of the molecule is Cc1ccc(-c2csc(=S)n2CC(=O)Nn2cnc3ccccc3c2=O)cc1. The first-order valence-electron chi connectivity index (χ1n) is 8.54. The number of aromatic nitrogens is 3. The van der Waals surface area contributed by atoms with Crippen LogP contribution in [-0.2, 0) is 11.3 Å². The monoisotopic (exact) mass is 408 g/mol. The Morgan fingerprint density at radius 2 is 1.93 bits per heavy atom. The van der Waals surface area contributed by atoms with Crippen LogP contribution in [0.2, 0.25) is 0 Å². The zero-order chi connectivity index (χ0) is 19.7. The molecule has 0 saturated carbocycles. The van der Waals surface area contributed by atoms with E-state index in [1.165, 1.54) is 17.7 Å². The highest BCUT2D eigenvalue weighted by Crippen LogP contribution is 2.24. The Morgan fingerprint density at radius 1 is 1.18 bits per heavy atom. The van der Waals surface area contributed by atoms with Gasteiger partial charge in [-0.05, 0) is 36.8 Å². The van der Waals surface area contributed by atoms with Gasteiger partial charge in [0.15, 0.2) is 3.95 Å². The van der Waals surface area contributed by atoms with Gasteiger partial charge in [0.25, 0.3) is 11.5 Å². The van der Waals surface area contributed by atoms with Gasteiger partial charge < -0.3 is 4.57 Å². The lowest BCUT2D eigenvalue weighted by Gasteiger charge is -2.11. The van der Waals surface area contributed by atoms with Crippen LogP contribution < -0.4 is 11.0 Å². The molecule has 0 unspecified atom stereocenters. The van der Waals surface area contributed by atoms with E-state index in [2.05, 4.69) is 10.4 Å². The second kappa shape index (κ2) is 7.49. The molecule has 8 heteroatoms. The van der Waals surface area contributed by atoms with Crippen LogP contribution in [0.5, 0.6) is 0 Å². The zero-order valence-electron chi connectivity index (χ0n) is 15.0. The molecular formula is C20H16N4O2S2. The minimum absolute atomic E-state index is 0.00477. The smallest absolute Gasteiger partial charge is 0.280 e. The summed E-state index contributed by atoms with van der Waals surface area (Å²) in [5, 5.41) is 2.38. The number of para-hydroxylation sites is 1. The molecule has 2 aromatic carbocycles. The van der Waals surface area contributed by atoms with Crippen molar-refractivity contribution in [3.63, 3.8) is 0 Å². The third-order valence-electron chi connectivity index (χ3n) is 4.34. The van der Waals surface area contributed by atoms with E-state index in [9.17, 15) is 9.59 Å². The van der Waals surface area contributed by atoms with Crippen LogP contribution in [0.4, 0.5) is 0 Å². The Bertz CT molecular complexity index is 1290. The predicted octanol–water partition coefficient (Wildman–Crippen LogP) is 3.73. The first-order valence-corrected chi connectivity index (χ1v) is 9.83. The van der Waals surface area contributed by atoms with Gasteiger partial charge in [-0.1, -0.05) is 42.0 Å². The van der Waals surface area contributed by atoms with E-state index in [0.29, 0.717) is 14.9 Å². The van der Waals surface area contributed by atoms with Gasteiger partial charge in [-0.2, -0.15) is 0 Å². The normalized spacial score (nSPS) is 10.9. The highest BCUT2D eigenvalue weighted by molar-refractivity contribution is 7.73. The van der Waals surface area contributed by atoms with Gasteiger partial charge in [0.2, 0.25) is 0 Å². The zero-order valence-corrected chi connectivity index (χ0v) is 16.6. The molecule has 0 bridgehead atoms. The quantitative estimate of drug-likeness (QED) is 0.523. The highest BCUT2D eigenvalue weighted by Gasteiger charge is 2.12. The highest BCUT2D eigenvalue weighted by atomic mass is 32.1. The second-order valence-corrected chi connectivity index (χ2v) is 7.81. The first kappa shape index (κ1) is 18.3. The van der Waals surface area contributed by atoms with Crippen molar-refractivity contribution in [2.45, 2.75) is 13.5 Å². The van der Waals surface area contributed by atoms with E-state index in [0.717, 1.165) is 21.5 Å². The summed E-state index contributed by atoms with van der Waals surface area (Å²) in [6, 6.07) is 15.0. The van der Waals surface area contributed by atoms with E-state index in [4.69, 9.17) is 12.2 Å². The standard InChI is InChI=1S/C20H16N4O2S2/c1-13-6-8-14(9-7-13)17-11-28-20(27)23(17)10-18(25)22-24-12-21-16-5-3-2-4-15(16)19(24)26/h2-9,11-12H,10H2,1H3,(H,22,25). The van der Waals surface area contributed by atoms with Gasteiger partial charge in [0.05, 0.1) is 16.6 Å². The van der Waals surface area contributed by atoms with Crippen molar-refractivity contribution in [2.24, 2.45) is 0 Å². The van der Waals surface area contributed by atoms with Crippen molar-refractivity contribution < 1.29 is 4.79 Å². The van der Waals surface area contributed by atoms with Gasteiger partial charge in [-0.15, -0.1) is 11.3 Å². The topological polar surface area (TPSA) is 68.9 Å². The van der Waals surface area contributed by atoms with Gasteiger partial charge in [-0.25, -0.2) is 9.66 Å². The fourth-order valence-corrected chi connectivity index (χ4v) is 3.97. The summed E-state index contributed by atoms with van der Waals surface area (Å²) >= 11 is 6.79. The van der Waals surface area contributed by atoms with Gasteiger partial charge in [0.1, 0.15) is 12.9 Å². The largest absolute Gasteiger partial charge is 0.313 e. The molecule has 0 aliphatic carbocycles. The van der Waals surface area contributed by atoms with Crippen LogP contribution in [-0.4, -0.2) is 20.1 Å². The van der Waals surface area contributed by atoms with Crippen LogP contribution in [0.3, 0.4) is 0 Å². The third-order valence-corrected chi connectivity index (χ3v) is 5.61. The fraction of sp³-hybridized carbons (Fsp3) is 0.100. The number of nitrogens with one attached hydrogen (secondary N) is 1. The molecule has 0 aliphatic rings. The number of hydrogen-bond donors (Lipinski definition) is 1. The maximum absolute atomic E-state index is 12.6. The Kier molecular flexibility index (Phi) is 4.89. The Balaban J connectivity index is 1.61. The molecule has 0 saturated heterocycles. The number of aryl methyl sites for hydroxylation is 1. The van der Waals surface area contributed by atoms with Crippen LogP contribution >= 0.6 is 23.6 Å². The summed E-state index contributed by atoms with van der Waals surface area (Å²) in [6.45, 7) is 2.03. The minimum Gasteiger partial charge on any atom is -0.313 e. The van der Waals surface area contributed by atoms with Crippen molar-refractivity contribution in [3.05, 3.63) is 80.1 Å². The molecule has 140 valence electrons. The lowest BCUT2D eigenvalue weighted by molar-refractivity contribution is -0.117. The summed E-state index contributed by atoms with van der Waals surface area (Å²) < 4.78 is 3.46. The Labute approximate surface area is 169 Å². The molecule has 2 aromatic heterocycles. The molecule has 2 heterocycles. The van der Waals surface area contributed by atoms with E-state index in [1.807, 2.05) is 42.6 Å². The summed E-state index contributed by atoms with van der Waals surface area (Å²) in [7, 11) is 0. The average molecular weight is 409 g/mol. The van der Waals surface area contributed by atoms with Crippen molar-refractivity contribution >= 4 is 40.4 Å². The number of carbonyl (C=O) groups is 1. The molecule has 1 N–H and O–H groups in total. The summed E-state index contributed by atoms with van der Waals surface area (Å²) in [4.78, 5) is 29.3.